The lowest BCUT2D eigenvalue weighted by Gasteiger charge is -2.11. The lowest BCUT2D eigenvalue weighted by atomic mass is 9.96. The summed E-state index contributed by atoms with van der Waals surface area (Å²) in [5.74, 6) is 0.586. The van der Waals surface area contributed by atoms with Gasteiger partial charge in [-0.2, -0.15) is 0 Å². The molecule has 0 unspecified atom stereocenters. The van der Waals surface area contributed by atoms with Gasteiger partial charge in [-0.25, -0.2) is 15.0 Å². The lowest BCUT2D eigenvalue weighted by Crippen LogP contribution is -2.00. The van der Waals surface area contributed by atoms with E-state index in [0.29, 0.717) is 39.5 Å². The van der Waals surface area contributed by atoms with E-state index in [2.05, 4.69) is 42.5 Å². The third-order valence-electron chi connectivity index (χ3n) is 11.8. The molecule has 13 aromatic rings. The van der Waals surface area contributed by atoms with Crippen LogP contribution in [0.4, 0.5) is 0 Å². The maximum atomic E-state index is 9.71. The molecule has 10 aromatic carbocycles. The number of fused-ring (bicyclic) bond motifs is 11. The SMILES string of the molecule is [2H]c1c(-c2cccc3c2oc2ccccc23)c([2H])c2c(oc3c([2H])c(-c4nc(-c5cccc(-c6ccccc6)c5)nc(-c5ccc6ccc7c8ccccc8ccc7c6c5)n4)c([2H])c([2H])c32)c1[2H]. The summed E-state index contributed by atoms with van der Waals surface area (Å²) in [6, 6.07) is 52.0. The summed E-state index contributed by atoms with van der Waals surface area (Å²) in [5.41, 5.74) is 4.66. The Morgan fingerprint density at radius 3 is 1.84 bits per heavy atom. The number of nitrogens with zero attached hydrogens (tertiary/aromatic N) is 3. The molecular weight excluding hydrogens is 759 g/mol. The van der Waals surface area contributed by atoms with Crippen LogP contribution in [-0.2, 0) is 0 Å². The third kappa shape index (κ3) is 5.52. The van der Waals surface area contributed by atoms with Gasteiger partial charge >= 0.3 is 0 Å². The van der Waals surface area contributed by atoms with Crippen LogP contribution in [0.1, 0.15) is 8.22 Å². The van der Waals surface area contributed by atoms with E-state index in [1.807, 2.05) is 115 Å². The van der Waals surface area contributed by atoms with Crippen LogP contribution in [0.25, 0.3) is 133 Å². The first-order valence-corrected chi connectivity index (χ1v) is 20.3. The first-order chi connectivity index (χ1) is 33.2. The maximum absolute atomic E-state index is 9.71. The van der Waals surface area contributed by atoms with Crippen LogP contribution in [0, 0.1) is 0 Å². The predicted molar refractivity (Wildman–Crippen MR) is 254 cm³/mol. The second-order valence-electron chi connectivity index (χ2n) is 15.4. The number of para-hydroxylation sites is 2. The topological polar surface area (TPSA) is 65.0 Å². The Bertz CT molecular complexity index is 4300. The molecule has 62 heavy (non-hydrogen) atoms. The zero-order valence-electron chi connectivity index (χ0n) is 38.7. The number of hydrogen-bond acceptors (Lipinski definition) is 5. The van der Waals surface area contributed by atoms with Crippen LogP contribution in [0.5, 0.6) is 0 Å². The van der Waals surface area contributed by atoms with Crippen LogP contribution in [0.15, 0.2) is 209 Å². The van der Waals surface area contributed by atoms with Gasteiger partial charge < -0.3 is 8.83 Å². The van der Waals surface area contributed by atoms with Gasteiger partial charge in [0, 0.05) is 43.8 Å². The van der Waals surface area contributed by atoms with E-state index in [9.17, 15) is 8.22 Å². The minimum atomic E-state index is -0.357. The molecule has 0 saturated carbocycles. The van der Waals surface area contributed by atoms with Crippen molar-refractivity contribution in [3.63, 3.8) is 0 Å². The standard InChI is InChI=1S/C57H33N3O2/c1-2-10-34(11-3-1)37-13-8-14-39(30-37)55-58-56(40-21-20-36-23-26-44-42-15-5-4-12-35(42)22-27-45(44)49(36)32-40)60-57(59-55)41-24-28-47-50-31-38(25-29-52(50)61-53(47)33-41)43-17-9-18-48-46-16-6-7-19-51(46)62-54(43)48/h1-33H/i24D,25D,28D,29D,31D,33D. The molecule has 0 saturated heterocycles. The Kier molecular flexibility index (Phi) is 6.33. The number of aromatic nitrogens is 3. The Balaban J connectivity index is 1.04. The second kappa shape index (κ2) is 13.6. The summed E-state index contributed by atoms with van der Waals surface area (Å²) < 4.78 is 69.5. The van der Waals surface area contributed by atoms with E-state index in [1.165, 1.54) is 0 Å². The average Bonchev–Trinajstić information content (AvgIpc) is 3.98. The fourth-order valence-corrected chi connectivity index (χ4v) is 8.75. The minimum absolute atomic E-state index is 0.0133. The highest BCUT2D eigenvalue weighted by Gasteiger charge is 2.18. The van der Waals surface area contributed by atoms with E-state index in [1.54, 1.807) is 6.07 Å². The summed E-state index contributed by atoms with van der Waals surface area (Å²) >= 11 is 0. The summed E-state index contributed by atoms with van der Waals surface area (Å²) in [4.78, 5) is 15.0. The van der Waals surface area contributed by atoms with Crippen molar-refractivity contribution in [1.82, 2.24) is 15.0 Å². The second-order valence-corrected chi connectivity index (χ2v) is 15.4. The van der Waals surface area contributed by atoms with Gasteiger partial charge in [0.2, 0.25) is 0 Å². The molecule has 0 amide bonds. The van der Waals surface area contributed by atoms with E-state index in [4.69, 9.17) is 23.8 Å². The quantitative estimate of drug-likeness (QED) is 0.162. The largest absolute Gasteiger partial charge is 0.456 e. The monoisotopic (exact) mass is 797 g/mol. The summed E-state index contributed by atoms with van der Waals surface area (Å²) in [6.45, 7) is 0. The Morgan fingerprint density at radius 1 is 0.323 bits per heavy atom. The molecule has 0 bridgehead atoms. The van der Waals surface area contributed by atoms with Crippen LogP contribution in [0.3, 0.4) is 0 Å². The van der Waals surface area contributed by atoms with E-state index in [0.717, 1.165) is 54.2 Å². The molecule has 0 aliphatic rings. The van der Waals surface area contributed by atoms with Crippen molar-refractivity contribution in [2.75, 3.05) is 0 Å². The van der Waals surface area contributed by atoms with Crippen molar-refractivity contribution < 1.29 is 17.1 Å². The summed E-state index contributed by atoms with van der Waals surface area (Å²) in [6.07, 6.45) is 0. The fourth-order valence-electron chi connectivity index (χ4n) is 8.75. The van der Waals surface area contributed by atoms with Crippen LogP contribution in [-0.4, -0.2) is 15.0 Å². The Hall–Kier alpha value is -8.41. The molecule has 0 aliphatic heterocycles. The van der Waals surface area contributed by atoms with E-state index >= 15 is 0 Å². The molecule has 0 atom stereocenters. The van der Waals surface area contributed by atoms with E-state index < -0.39 is 0 Å². The minimum Gasteiger partial charge on any atom is -0.456 e. The molecule has 5 heteroatoms. The van der Waals surface area contributed by atoms with Crippen LogP contribution >= 0.6 is 0 Å². The number of hydrogen-bond donors (Lipinski definition) is 0. The molecule has 3 aromatic heterocycles. The van der Waals surface area contributed by atoms with Gasteiger partial charge in [0.05, 0.1) is 8.22 Å². The first-order valence-electron chi connectivity index (χ1n) is 23.3. The number of furan rings is 2. The molecule has 0 spiro atoms. The number of benzene rings is 10. The van der Waals surface area contributed by atoms with Gasteiger partial charge in [-0.05, 0) is 91.4 Å². The van der Waals surface area contributed by atoms with Crippen molar-refractivity contribution in [3.05, 3.63) is 200 Å². The van der Waals surface area contributed by atoms with Crippen molar-refractivity contribution >= 4 is 76.2 Å². The zero-order valence-corrected chi connectivity index (χ0v) is 32.7. The van der Waals surface area contributed by atoms with Crippen molar-refractivity contribution in [3.8, 4) is 56.4 Å². The van der Waals surface area contributed by atoms with Gasteiger partial charge in [0.1, 0.15) is 22.3 Å². The van der Waals surface area contributed by atoms with Crippen molar-refractivity contribution in [2.24, 2.45) is 0 Å². The Morgan fingerprint density at radius 2 is 0.968 bits per heavy atom. The molecule has 0 fully saturated rings. The highest BCUT2D eigenvalue weighted by molar-refractivity contribution is 6.18. The fraction of sp³-hybridized carbons (Fsp3) is 0. The molecule has 0 aliphatic carbocycles. The lowest BCUT2D eigenvalue weighted by molar-refractivity contribution is 0.668. The van der Waals surface area contributed by atoms with Crippen LogP contribution < -0.4 is 0 Å². The molecule has 13 rings (SSSR count). The molecular formula is C57H33N3O2. The molecule has 3 heterocycles. The average molecular weight is 798 g/mol. The van der Waals surface area contributed by atoms with Gasteiger partial charge in [-0.3, -0.25) is 0 Å². The highest BCUT2D eigenvalue weighted by Crippen LogP contribution is 2.40. The van der Waals surface area contributed by atoms with Gasteiger partial charge in [-0.15, -0.1) is 0 Å². The van der Waals surface area contributed by atoms with Crippen molar-refractivity contribution in [2.45, 2.75) is 0 Å². The normalized spacial score (nSPS) is 13.2. The maximum Gasteiger partial charge on any atom is 0.164 e. The van der Waals surface area contributed by atoms with Gasteiger partial charge in [-0.1, -0.05) is 158 Å². The molecule has 0 N–H and O–H groups in total. The molecule has 5 nitrogen and oxygen atoms in total. The Labute approximate surface area is 363 Å². The van der Waals surface area contributed by atoms with Gasteiger partial charge in [0.15, 0.2) is 17.5 Å². The highest BCUT2D eigenvalue weighted by atomic mass is 16.3. The summed E-state index contributed by atoms with van der Waals surface area (Å²) in [7, 11) is 0. The first kappa shape index (κ1) is 28.9. The van der Waals surface area contributed by atoms with E-state index in [-0.39, 0.29) is 75.1 Å². The van der Waals surface area contributed by atoms with Crippen LogP contribution in [0.2, 0.25) is 0 Å². The summed E-state index contributed by atoms with van der Waals surface area (Å²) in [5, 5.41) is 8.27. The van der Waals surface area contributed by atoms with Gasteiger partial charge in [0.25, 0.3) is 0 Å². The molecule has 288 valence electrons. The zero-order chi connectivity index (χ0) is 45.9. The third-order valence-corrected chi connectivity index (χ3v) is 11.8. The predicted octanol–water partition coefficient (Wildman–Crippen LogP) is 15.5. The number of rotatable bonds is 5. The molecule has 0 radical (unpaired) electrons. The van der Waals surface area contributed by atoms with Crippen molar-refractivity contribution in [1.29, 1.82) is 0 Å². The smallest absolute Gasteiger partial charge is 0.164 e.